The van der Waals surface area contributed by atoms with Crippen molar-refractivity contribution in [3.8, 4) is 0 Å². The maximum atomic E-state index is 11.5. The van der Waals surface area contributed by atoms with E-state index in [1.807, 2.05) is 0 Å². The van der Waals surface area contributed by atoms with Crippen molar-refractivity contribution >= 4 is 15.9 Å². The molecule has 0 saturated carbocycles. The fraction of sp³-hybridized carbons (Fsp3) is 0.889. The lowest BCUT2D eigenvalue weighted by Gasteiger charge is -2.33. The highest BCUT2D eigenvalue weighted by Crippen LogP contribution is 2.33. The highest BCUT2D eigenvalue weighted by Gasteiger charge is 2.45. The Morgan fingerprint density at radius 1 is 1.53 bits per heavy atom. The summed E-state index contributed by atoms with van der Waals surface area (Å²) in [7, 11) is -2.94. The van der Waals surface area contributed by atoms with E-state index >= 15 is 0 Å². The zero-order chi connectivity index (χ0) is 11.1. The summed E-state index contributed by atoms with van der Waals surface area (Å²) in [5.74, 6) is 0.328. The molecule has 2 rings (SSSR count). The number of cyclic esters (lactones) is 1. The molecule has 0 spiro atoms. The van der Waals surface area contributed by atoms with Crippen molar-refractivity contribution < 1.29 is 17.9 Å². The van der Waals surface area contributed by atoms with Gasteiger partial charge in [0.1, 0.15) is 5.60 Å². The van der Waals surface area contributed by atoms with E-state index in [1.165, 1.54) is 0 Å². The molecule has 2 fully saturated rings. The lowest BCUT2D eigenvalue weighted by atomic mass is 9.87. The molecule has 0 radical (unpaired) electrons. The van der Waals surface area contributed by atoms with Gasteiger partial charge in [-0.2, -0.15) is 0 Å². The normalized spacial score (nSPS) is 39.5. The van der Waals surface area contributed by atoms with Gasteiger partial charge in [-0.1, -0.05) is 0 Å². The van der Waals surface area contributed by atoms with Gasteiger partial charge < -0.3 is 10.1 Å². The van der Waals surface area contributed by atoms with Gasteiger partial charge >= 0.3 is 6.09 Å². The summed E-state index contributed by atoms with van der Waals surface area (Å²) in [5, 5.41) is 2.58. The lowest BCUT2D eigenvalue weighted by Crippen LogP contribution is -2.44. The number of carbonyl (C=O) groups is 1. The smallest absolute Gasteiger partial charge is 0.407 e. The van der Waals surface area contributed by atoms with Crippen LogP contribution in [-0.2, 0) is 14.6 Å². The van der Waals surface area contributed by atoms with Crippen molar-refractivity contribution in [1.82, 2.24) is 5.32 Å². The number of sulfone groups is 1. The van der Waals surface area contributed by atoms with Crippen LogP contribution < -0.4 is 5.32 Å². The standard InChI is InChI=1S/C9H15NO4S/c1-9(6-10-8(11)14-9)7-3-2-4-15(12,13)5-7/h7H,2-6H2,1H3,(H,10,11). The van der Waals surface area contributed by atoms with Crippen molar-refractivity contribution in [2.45, 2.75) is 25.4 Å². The molecule has 2 aliphatic heterocycles. The molecular formula is C9H15NO4S. The van der Waals surface area contributed by atoms with Crippen LogP contribution in [0.15, 0.2) is 0 Å². The molecule has 86 valence electrons. The van der Waals surface area contributed by atoms with Gasteiger partial charge in [-0.25, -0.2) is 13.2 Å². The molecule has 0 bridgehead atoms. The van der Waals surface area contributed by atoms with Crippen LogP contribution >= 0.6 is 0 Å². The van der Waals surface area contributed by atoms with Crippen molar-refractivity contribution in [2.24, 2.45) is 5.92 Å². The van der Waals surface area contributed by atoms with Gasteiger partial charge in [-0.15, -0.1) is 0 Å². The fourth-order valence-corrected chi connectivity index (χ4v) is 4.17. The number of ether oxygens (including phenoxy) is 1. The lowest BCUT2D eigenvalue weighted by molar-refractivity contribution is 0.0247. The number of hydrogen-bond acceptors (Lipinski definition) is 4. The molecule has 6 heteroatoms. The van der Waals surface area contributed by atoms with E-state index in [4.69, 9.17) is 4.74 Å². The van der Waals surface area contributed by atoms with E-state index in [-0.39, 0.29) is 17.4 Å². The first kappa shape index (κ1) is 10.7. The van der Waals surface area contributed by atoms with Crippen LogP contribution in [0.3, 0.4) is 0 Å². The van der Waals surface area contributed by atoms with Crippen molar-refractivity contribution in [1.29, 1.82) is 0 Å². The Morgan fingerprint density at radius 3 is 2.80 bits per heavy atom. The van der Waals surface area contributed by atoms with Gasteiger partial charge in [0.25, 0.3) is 0 Å². The first-order valence-electron chi connectivity index (χ1n) is 5.09. The zero-order valence-electron chi connectivity index (χ0n) is 8.65. The molecule has 2 saturated heterocycles. The molecule has 15 heavy (non-hydrogen) atoms. The monoisotopic (exact) mass is 233 g/mol. The van der Waals surface area contributed by atoms with Crippen LogP contribution in [0.25, 0.3) is 0 Å². The highest BCUT2D eigenvalue weighted by atomic mass is 32.2. The summed E-state index contributed by atoms with van der Waals surface area (Å²) in [6, 6.07) is 0. The van der Waals surface area contributed by atoms with Crippen molar-refractivity contribution in [2.75, 3.05) is 18.1 Å². The quantitative estimate of drug-likeness (QED) is 0.707. The van der Waals surface area contributed by atoms with E-state index in [1.54, 1.807) is 6.92 Å². The second-order valence-corrected chi connectivity index (χ2v) is 6.74. The zero-order valence-corrected chi connectivity index (χ0v) is 9.47. The SMILES string of the molecule is CC1(C2CCCS(=O)(=O)C2)CNC(=O)O1. The average molecular weight is 233 g/mol. The molecule has 0 aromatic rings. The molecular weight excluding hydrogens is 218 g/mol. The minimum absolute atomic E-state index is 0.0739. The second-order valence-electron chi connectivity index (χ2n) is 4.51. The molecule has 0 aliphatic carbocycles. The fourth-order valence-electron chi connectivity index (χ4n) is 2.26. The Balaban J connectivity index is 2.14. The first-order valence-corrected chi connectivity index (χ1v) is 6.91. The van der Waals surface area contributed by atoms with Gasteiger partial charge in [0.05, 0.1) is 18.1 Å². The van der Waals surface area contributed by atoms with Gasteiger partial charge in [0.15, 0.2) is 9.84 Å². The number of amides is 1. The summed E-state index contributed by atoms with van der Waals surface area (Å²) < 4.78 is 28.1. The topological polar surface area (TPSA) is 72.5 Å². The molecule has 5 nitrogen and oxygen atoms in total. The van der Waals surface area contributed by atoms with Crippen LogP contribution in [0.2, 0.25) is 0 Å². The summed E-state index contributed by atoms with van der Waals surface area (Å²) in [6.45, 7) is 2.21. The van der Waals surface area contributed by atoms with Crippen molar-refractivity contribution in [3.63, 3.8) is 0 Å². The van der Waals surface area contributed by atoms with Crippen LogP contribution in [0, 0.1) is 5.92 Å². The Hall–Kier alpha value is -0.780. The number of nitrogens with one attached hydrogen (secondary N) is 1. The maximum absolute atomic E-state index is 11.5. The van der Waals surface area contributed by atoms with E-state index in [0.29, 0.717) is 13.0 Å². The predicted octanol–water partition coefficient (Wildman–Crippen LogP) is 0.310. The summed E-state index contributed by atoms with van der Waals surface area (Å²) in [4.78, 5) is 11.0. The maximum Gasteiger partial charge on any atom is 0.407 e. The molecule has 0 aromatic carbocycles. The van der Waals surface area contributed by atoms with E-state index < -0.39 is 21.5 Å². The molecule has 2 heterocycles. The number of hydrogen-bond donors (Lipinski definition) is 1. The van der Waals surface area contributed by atoms with E-state index in [9.17, 15) is 13.2 Å². The molecule has 2 aliphatic rings. The molecule has 2 unspecified atom stereocenters. The van der Waals surface area contributed by atoms with E-state index in [0.717, 1.165) is 6.42 Å². The van der Waals surface area contributed by atoms with Gasteiger partial charge in [-0.3, -0.25) is 0 Å². The van der Waals surface area contributed by atoms with Gasteiger partial charge in [0.2, 0.25) is 0 Å². The minimum Gasteiger partial charge on any atom is -0.441 e. The molecule has 1 amide bonds. The average Bonchev–Trinajstić information content (AvgIpc) is 2.46. The predicted molar refractivity (Wildman–Crippen MR) is 54.3 cm³/mol. The third-order valence-electron chi connectivity index (χ3n) is 3.24. The molecule has 0 aromatic heterocycles. The van der Waals surface area contributed by atoms with E-state index in [2.05, 4.69) is 5.32 Å². The third kappa shape index (κ3) is 2.09. The Labute approximate surface area is 89.1 Å². The number of rotatable bonds is 1. The summed E-state index contributed by atoms with van der Waals surface area (Å²) in [6.07, 6.45) is 1.03. The molecule has 1 N–H and O–H groups in total. The van der Waals surface area contributed by atoms with Crippen LogP contribution in [0.4, 0.5) is 4.79 Å². The third-order valence-corrected chi connectivity index (χ3v) is 5.06. The Bertz CT molecular complexity index is 378. The Kier molecular flexibility index (Phi) is 2.41. The van der Waals surface area contributed by atoms with Crippen LogP contribution in [-0.4, -0.2) is 38.2 Å². The second kappa shape index (κ2) is 3.37. The Morgan fingerprint density at radius 2 is 2.27 bits per heavy atom. The molecule has 2 atom stereocenters. The number of alkyl carbamates (subject to hydrolysis) is 1. The van der Waals surface area contributed by atoms with Crippen LogP contribution in [0.1, 0.15) is 19.8 Å². The van der Waals surface area contributed by atoms with Gasteiger partial charge in [0, 0.05) is 5.92 Å². The number of carbonyl (C=O) groups excluding carboxylic acids is 1. The first-order chi connectivity index (χ1) is 6.91. The van der Waals surface area contributed by atoms with Crippen molar-refractivity contribution in [3.05, 3.63) is 0 Å². The minimum atomic E-state index is -2.94. The summed E-state index contributed by atoms with van der Waals surface area (Å²) >= 11 is 0. The highest BCUT2D eigenvalue weighted by molar-refractivity contribution is 7.91. The van der Waals surface area contributed by atoms with Gasteiger partial charge in [-0.05, 0) is 19.8 Å². The largest absolute Gasteiger partial charge is 0.441 e. The van der Waals surface area contributed by atoms with Crippen LogP contribution in [0.5, 0.6) is 0 Å². The summed E-state index contributed by atoms with van der Waals surface area (Å²) in [5.41, 5.74) is -0.648.